The molecule has 1 N–H and O–H groups in total. The fourth-order valence-electron chi connectivity index (χ4n) is 0. The van der Waals surface area contributed by atoms with Crippen molar-refractivity contribution in [1.29, 1.82) is 0 Å². The van der Waals surface area contributed by atoms with Crippen molar-refractivity contribution in [1.82, 2.24) is 0 Å². The van der Waals surface area contributed by atoms with Gasteiger partial charge in [0.2, 0.25) is 0 Å². The van der Waals surface area contributed by atoms with Gasteiger partial charge in [-0.1, -0.05) is 0 Å². The number of rotatable bonds is 1. The molecule has 0 unspecified atom stereocenters. The molecular weight excluding hydrogens is 118 g/mol. The third-order valence-electron chi connectivity index (χ3n) is 0.548. The number of quaternary nitrogens is 1. The zero-order valence-electron chi connectivity index (χ0n) is 5.18. The minimum absolute atomic E-state index is 0. The van der Waals surface area contributed by atoms with Crippen LogP contribution in [0.15, 0.2) is 0 Å². The molecule has 0 rings (SSSR count). The van der Waals surface area contributed by atoms with E-state index in [1.165, 1.54) is 35.3 Å². The Kier molecular flexibility index (Phi) is 6.22. The summed E-state index contributed by atoms with van der Waals surface area (Å²) >= 11 is 1.28. The van der Waals surface area contributed by atoms with Gasteiger partial charge in [-0.25, -0.2) is 0 Å². The number of nitrogens with zero attached hydrogens (tertiary/aromatic N) is 1. The number of hydrogen-bond donors (Lipinski definition) is 0. The fourth-order valence-corrected chi connectivity index (χ4v) is 0. The molecule has 0 radical (unpaired) electrons. The maximum atomic E-state index is 2.25. The van der Waals surface area contributed by atoms with E-state index in [0.717, 1.165) is 4.48 Å². The molecular formula is C4H11CaNO. The average molecular weight is 129 g/mol. The summed E-state index contributed by atoms with van der Waals surface area (Å²) in [5.41, 5.74) is 0. The maximum absolute atomic E-state index is 2.25. The smallest absolute Gasteiger partial charge is 0.870 e. The first-order valence-electron chi connectivity index (χ1n) is 2.01. The van der Waals surface area contributed by atoms with Crippen LogP contribution >= 0.6 is 0 Å². The molecule has 0 bridgehead atoms. The number of hydrogen-bond acceptors (Lipinski definition) is 1. The zero-order chi connectivity index (χ0) is 5.21. The van der Waals surface area contributed by atoms with Crippen molar-refractivity contribution in [2.75, 3.05) is 21.1 Å². The van der Waals surface area contributed by atoms with Crippen LogP contribution in [0.4, 0.5) is 0 Å². The molecule has 0 aliphatic rings. The van der Waals surface area contributed by atoms with E-state index in [4.69, 9.17) is 0 Å². The second-order valence-corrected chi connectivity index (χ2v) is 2.87. The van der Waals surface area contributed by atoms with Crippen LogP contribution in [0.25, 0.3) is 0 Å². The van der Waals surface area contributed by atoms with Crippen LogP contribution in [0.1, 0.15) is 0 Å². The Morgan fingerprint density at radius 1 is 1.29 bits per heavy atom. The predicted octanol–water partition coefficient (Wildman–Crippen LogP) is -0.556. The monoisotopic (exact) mass is 129 g/mol. The summed E-state index contributed by atoms with van der Waals surface area (Å²) in [6, 6.07) is 0. The van der Waals surface area contributed by atoms with Gasteiger partial charge in [0.25, 0.3) is 0 Å². The molecule has 0 atom stereocenters. The SMILES string of the molecule is C[N+](C)(C)[CH]=[Ca].[OH-]. The molecule has 3 heteroatoms. The summed E-state index contributed by atoms with van der Waals surface area (Å²) in [4.78, 5) is 0. The molecule has 0 saturated heterocycles. The molecule has 0 fully saturated rings. The molecule has 0 spiro atoms. The van der Waals surface area contributed by atoms with Gasteiger partial charge in [-0.3, -0.25) is 0 Å². The molecule has 0 aromatic carbocycles. The molecule has 0 amide bonds. The third-order valence-corrected chi connectivity index (χ3v) is 2.26. The minimum atomic E-state index is 0. The zero-order valence-corrected chi connectivity index (χ0v) is 7.39. The summed E-state index contributed by atoms with van der Waals surface area (Å²) in [5, 5.41) is 0. The second kappa shape index (κ2) is 3.98. The minimum Gasteiger partial charge on any atom is -0.870 e. The Morgan fingerprint density at radius 2 is 1.43 bits per heavy atom. The summed E-state index contributed by atoms with van der Waals surface area (Å²) < 4.78 is 3.25. The molecule has 0 heterocycles. The first-order chi connectivity index (χ1) is 2.56. The van der Waals surface area contributed by atoms with Gasteiger partial charge in [-0.2, -0.15) is 0 Å². The van der Waals surface area contributed by atoms with E-state index >= 15 is 0 Å². The van der Waals surface area contributed by atoms with Crippen LogP contribution in [0, 0.1) is 0 Å². The topological polar surface area (TPSA) is 30.0 Å². The van der Waals surface area contributed by atoms with Crippen LogP contribution in [0.2, 0.25) is 0 Å². The summed E-state index contributed by atoms with van der Waals surface area (Å²) in [6.07, 6.45) is 0. The normalized spacial score (nSPS) is 9.86. The Bertz CT molecular complexity index is 57.2. The predicted molar refractivity (Wildman–Crippen MR) is 31.8 cm³/mol. The second-order valence-electron chi connectivity index (χ2n) is 2.30. The van der Waals surface area contributed by atoms with E-state index < -0.39 is 0 Å². The van der Waals surface area contributed by atoms with E-state index in [0.29, 0.717) is 0 Å². The Hall–Kier alpha value is 1.05. The van der Waals surface area contributed by atoms with E-state index in [1.54, 1.807) is 0 Å². The van der Waals surface area contributed by atoms with Gasteiger partial charge in [0, 0.05) is 0 Å². The van der Waals surface area contributed by atoms with E-state index in [1.807, 2.05) is 0 Å². The van der Waals surface area contributed by atoms with Gasteiger partial charge in [0.05, 0.1) is 0 Å². The fraction of sp³-hybridized carbons (Fsp3) is 0.750. The molecule has 0 saturated carbocycles. The standard InChI is InChI=1S/C4H10N.Ca.H2O/c1-5(2,3)4;;/h1H,2-4H3;;1H2/q+1;;/p-1. The van der Waals surface area contributed by atoms with Crippen LogP contribution in [-0.4, -0.2) is 68.6 Å². The van der Waals surface area contributed by atoms with Gasteiger partial charge in [-0.15, -0.1) is 0 Å². The van der Waals surface area contributed by atoms with Gasteiger partial charge >= 0.3 is 63.1 Å². The Labute approximate surface area is 68.1 Å². The Morgan fingerprint density at radius 3 is 1.43 bits per heavy atom. The Balaban J connectivity index is 0. The molecule has 0 aliphatic heterocycles. The first kappa shape index (κ1) is 10.9. The third kappa shape index (κ3) is 11.0. The largest absolute Gasteiger partial charge is 0.870 e. The van der Waals surface area contributed by atoms with Crippen molar-refractivity contribution in [2.24, 2.45) is 0 Å². The molecule has 2 nitrogen and oxygen atoms in total. The maximum Gasteiger partial charge on any atom is -0.870 e. The van der Waals surface area contributed by atoms with Crippen molar-refractivity contribution in [3.05, 3.63) is 0 Å². The van der Waals surface area contributed by atoms with Crippen molar-refractivity contribution in [3.8, 4) is 0 Å². The summed E-state index contributed by atoms with van der Waals surface area (Å²) in [6.45, 7) is 0. The molecule has 40 valence electrons. The first-order valence-corrected chi connectivity index (χ1v) is 3.28. The van der Waals surface area contributed by atoms with Gasteiger partial charge < -0.3 is 5.48 Å². The molecule has 7 heavy (non-hydrogen) atoms. The van der Waals surface area contributed by atoms with Crippen LogP contribution in [0.5, 0.6) is 0 Å². The quantitative estimate of drug-likeness (QED) is 0.345. The van der Waals surface area contributed by atoms with Gasteiger partial charge in [0.1, 0.15) is 0 Å². The van der Waals surface area contributed by atoms with Gasteiger partial charge in [-0.05, 0) is 0 Å². The summed E-state index contributed by atoms with van der Waals surface area (Å²) in [7, 11) is 6.47. The van der Waals surface area contributed by atoms with E-state index in [2.05, 4.69) is 23.4 Å². The van der Waals surface area contributed by atoms with Crippen LogP contribution in [0.3, 0.4) is 0 Å². The van der Waals surface area contributed by atoms with Crippen LogP contribution in [-0.2, 0) is 0 Å². The molecule has 0 aromatic heterocycles. The van der Waals surface area contributed by atoms with E-state index in [9.17, 15) is 0 Å². The van der Waals surface area contributed by atoms with E-state index in [-0.39, 0.29) is 5.48 Å². The van der Waals surface area contributed by atoms with Crippen molar-refractivity contribution in [2.45, 2.75) is 0 Å². The summed E-state index contributed by atoms with van der Waals surface area (Å²) in [5.74, 6) is 0. The average Bonchev–Trinajstić information content (AvgIpc) is 1.35. The van der Waals surface area contributed by atoms with Crippen LogP contribution < -0.4 is 0 Å². The van der Waals surface area contributed by atoms with Crippen molar-refractivity contribution >= 4 is 37.5 Å². The van der Waals surface area contributed by atoms with Crippen molar-refractivity contribution < 1.29 is 9.96 Å². The molecule has 0 aliphatic carbocycles. The van der Waals surface area contributed by atoms with Crippen molar-refractivity contribution in [3.63, 3.8) is 0 Å². The van der Waals surface area contributed by atoms with Gasteiger partial charge in [0.15, 0.2) is 0 Å². The molecule has 0 aromatic rings.